The van der Waals surface area contributed by atoms with Crippen LogP contribution in [-0.4, -0.2) is 68.1 Å². The second-order valence-electron chi connectivity index (χ2n) is 6.78. The zero-order chi connectivity index (χ0) is 15.2. The van der Waals surface area contributed by atoms with Gasteiger partial charge < -0.3 is 9.80 Å². The van der Waals surface area contributed by atoms with Gasteiger partial charge in [0.15, 0.2) is 0 Å². The lowest BCUT2D eigenvalue weighted by Crippen LogP contribution is -2.46. The number of hydrogen-bond acceptors (Lipinski definition) is 3. The summed E-state index contributed by atoms with van der Waals surface area (Å²) in [7, 11) is 4.44. The minimum Gasteiger partial charge on any atom is -0.304 e. The summed E-state index contributed by atoms with van der Waals surface area (Å²) in [6.07, 6.45) is 0. The Hall–Kier alpha value is -0.900. The van der Waals surface area contributed by atoms with Crippen LogP contribution in [0.3, 0.4) is 0 Å². The molecule has 1 aliphatic heterocycles. The minimum absolute atomic E-state index is 0.619. The number of benzene rings is 1. The van der Waals surface area contributed by atoms with E-state index < -0.39 is 0 Å². The van der Waals surface area contributed by atoms with E-state index in [-0.39, 0.29) is 0 Å². The van der Waals surface area contributed by atoms with Gasteiger partial charge in [-0.2, -0.15) is 0 Å². The quantitative estimate of drug-likeness (QED) is 0.796. The molecule has 118 valence electrons. The third-order valence-electron chi connectivity index (χ3n) is 4.49. The highest BCUT2D eigenvalue weighted by Crippen LogP contribution is 2.15. The summed E-state index contributed by atoms with van der Waals surface area (Å²) in [5.41, 5.74) is 2.85. The molecule has 0 unspecified atom stereocenters. The first-order valence-electron chi connectivity index (χ1n) is 8.23. The molecule has 1 aromatic carbocycles. The molecule has 1 fully saturated rings. The highest BCUT2D eigenvalue weighted by atomic mass is 15.3. The predicted molar refractivity (Wildman–Crippen MR) is 90.8 cm³/mol. The summed E-state index contributed by atoms with van der Waals surface area (Å²) in [5.74, 6) is 0.619. The Morgan fingerprint density at radius 1 is 1.05 bits per heavy atom. The topological polar surface area (TPSA) is 9.72 Å². The van der Waals surface area contributed by atoms with Gasteiger partial charge in [0, 0.05) is 45.8 Å². The molecule has 0 aromatic heterocycles. The molecule has 0 atom stereocenters. The average Bonchev–Trinajstić information content (AvgIpc) is 2.47. The second-order valence-corrected chi connectivity index (χ2v) is 6.78. The monoisotopic (exact) mass is 289 g/mol. The Bertz CT molecular complexity index is 405. The van der Waals surface area contributed by atoms with Gasteiger partial charge in [0.1, 0.15) is 0 Å². The molecule has 1 aromatic rings. The summed E-state index contributed by atoms with van der Waals surface area (Å²) >= 11 is 0. The fourth-order valence-corrected chi connectivity index (χ4v) is 2.78. The smallest absolute Gasteiger partial charge is 0.0231 e. The molecular formula is C18H31N3. The van der Waals surface area contributed by atoms with Crippen LogP contribution in [0.4, 0.5) is 0 Å². The summed E-state index contributed by atoms with van der Waals surface area (Å²) < 4.78 is 0. The fraction of sp³-hybridized carbons (Fsp3) is 0.667. The SMILES string of the molecule is CC(C)c1ccc(CN(C)CCN2CCN(C)CC2)cc1. The van der Waals surface area contributed by atoms with Gasteiger partial charge in [-0.25, -0.2) is 0 Å². The van der Waals surface area contributed by atoms with Crippen molar-refractivity contribution >= 4 is 0 Å². The van der Waals surface area contributed by atoms with Crippen LogP contribution in [-0.2, 0) is 6.54 Å². The van der Waals surface area contributed by atoms with E-state index in [0.717, 1.165) is 13.1 Å². The lowest BCUT2D eigenvalue weighted by molar-refractivity contribution is 0.139. The van der Waals surface area contributed by atoms with Crippen molar-refractivity contribution in [2.75, 3.05) is 53.4 Å². The van der Waals surface area contributed by atoms with Crippen LogP contribution >= 0.6 is 0 Å². The first kappa shape index (κ1) is 16.5. The molecule has 0 aliphatic carbocycles. The maximum absolute atomic E-state index is 2.58. The van der Waals surface area contributed by atoms with Gasteiger partial charge >= 0.3 is 0 Å². The zero-order valence-electron chi connectivity index (χ0n) is 14.2. The Labute approximate surface area is 130 Å². The van der Waals surface area contributed by atoms with Gasteiger partial charge in [-0.05, 0) is 31.1 Å². The van der Waals surface area contributed by atoms with Gasteiger partial charge in [0.25, 0.3) is 0 Å². The number of rotatable bonds is 6. The standard InChI is InChI=1S/C18H31N3/c1-16(2)18-7-5-17(6-8-18)15-20(4)11-14-21-12-9-19(3)10-13-21/h5-8,16H,9-15H2,1-4H3. The summed E-state index contributed by atoms with van der Waals surface area (Å²) in [6, 6.07) is 9.10. The van der Waals surface area contributed by atoms with Gasteiger partial charge in [-0.3, -0.25) is 4.90 Å². The van der Waals surface area contributed by atoms with Crippen molar-refractivity contribution in [2.45, 2.75) is 26.3 Å². The van der Waals surface area contributed by atoms with Crippen LogP contribution in [0, 0.1) is 0 Å². The Morgan fingerprint density at radius 3 is 2.24 bits per heavy atom. The predicted octanol–water partition coefficient (Wildman–Crippen LogP) is 2.49. The fourth-order valence-electron chi connectivity index (χ4n) is 2.78. The van der Waals surface area contributed by atoms with E-state index in [0.29, 0.717) is 5.92 Å². The molecule has 1 saturated heterocycles. The molecule has 2 rings (SSSR count). The molecule has 0 bridgehead atoms. The van der Waals surface area contributed by atoms with Crippen molar-refractivity contribution in [1.82, 2.24) is 14.7 Å². The van der Waals surface area contributed by atoms with E-state index in [1.807, 2.05) is 0 Å². The van der Waals surface area contributed by atoms with Crippen LogP contribution in [0.5, 0.6) is 0 Å². The van der Waals surface area contributed by atoms with Crippen molar-refractivity contribution in [3.05, 3.63) is 35.4 Å². The average molecular weight is 289 g/mol. The van der Waals surface area contributed by atoms with Crippen molar-refractivity contribution < 1.29 is 0 Å². The van der Waals surface area contributed by atoms with Crippen LogP contribution < -0.4 is 0 Å². The Balaban J connectivity index is 1.72. The van der Waals surface area contributed by atoms with Crippen molar-refractivity contribution in [1.29, 1.82) is 0 Å². The molecule has 0 radical (unpaired) electrons. The van der Waals surface area contributed by atoms with Crippen LogP contribution in [0.15, 0.2) is 24.3 Å². The van der Waals surface area contributed by atoms with E-state index in [9.17, 15) is 0 Å². The zero-order valence-corrected chi connectivity index (χ0v) is 14.2. The maximum Gasteiger partial charge on any atom is 0.0231 e. The van der Waals surface area contributed by atoms with Gasteiger partial charge in [-0.1, -0.05) is 38.1 Å². The molecule has 21 heavy (non-hydrogen) atoms. The molecule has 0 saturated carbocycles. The normalized spacial score (nSPS) is 17.8. The van der Waals surface area contributed by atoms with Crippen LogP contribution in [0.25, 0.3) is 0 Å². The van der Waals surface area contributed by atoms with Gasteiger partial charge in [0.05, 0.1) is 0 Å². The highest BCUT2D eigenvalue weighted by molar-refractivity contribution is 5.24. The van der Waals surface area contributed by atoms with E-state index >= 15 is 0 Å². The van der Waals surface area contributed by atoms with E-state index in [2.05, 4.69) is 66.9 Å². The Kier molecular flexibility index (Phi) is 6.22. The number of nitrogens with zero attached hydrogens (tertiary/aromatic N) is 3. The molecule has 0 amide bonds. The number of hydrogen-bond donors (Lipinski definition) is 0. The number of likely N-dealkylation sites (N-methyl/N-ethyl adjacent to an activating group) is 2. The van der Waals surface area contributed by atoms with Gasteiger partial charge in [-0.15, -0.1) is 0 Å². The molecule has 3 heteroatoms. The summed E-state index contributed by atoms with van der Waals surface area (Å²) in [4.78, 5) is 7.43. The molecular weight excluding hydrogens is 258 g/mol. The van der Waals surface area contributed by atoms with E-state index in [1.54, 1.807) is 0 Å². The number of piperazine rings is 1. The van der Waals surface area contributed by atoms with Gasteiger partial charge in [0.2, 0.25) is 0 Å². The lowest BCUT2D eigenvalue weighted by atomic mass is 10.0. The molecule has 0 spiro atoms. The van der Waals surface area contributed by atoms with Crippen molar-refractivity contribution in [3.63, 3.8) is 0 Å². The van der Waals surface area contributed by atoms with Crippen molar-refractivity contribution in [3.8, 4) is 0 Å². The second kappa shape index (κ2) is 7.92. The van der Waals surface area contributed by atoms with E-state index in [1.165, 1.54) is 43.9 Å². The minimum atomic E-state index is 0.619. The molecule has 3 nitrogen and oxygen atoms in total. The van der Waals surface area contributed by atoms with Crippen LogP contribution in [0.2, 0.25) is 0 Å². The largest absolute Gasteiger partial charge is 0.304 e. The lowest BCUT2D eigenvalue weighted by Gasteiger charge is -2.33. The maximum atomic E-state index is 2.58. The van der Waals surface area contributed by atoms with Crippen LogP contribution in [0.1, 0.15) is 30.9 Å². The Morgan fingerprint density at radius 2 is 1.67 bits per heavy atom. The molecule has 0 N–H and O–H groups in total. The summed E-state index contributed by atoms with van der Waals surface area (Å²) in [6.45, 7) is 12.7. The summed E-state index contributed by atoms with van der Waals surface area (Å²) in [5, 5.41) is 0. The van der Waals surface area contributed by atoms with Crippen molar-refractivity contribution in [2.24, 2.45) is 0 Å². The third kappa shape index (κ3) is 5.42. The molecule has 1 aliphatic rings. The molecule has 1 heterocycles. The van der Waals surface area contributed by atoms with E-state index in [4.69, 9.17) is 0 Å². The highest BCUT2D eigenvalue weighted by Gasteiger charge is 2.13. The first-order chi connectivity index (χ1) is 10.0. The first-order valence-corrected chi connectivity index (χ1v) is 8.23. The third-order valence-corrected chi connectivity index (χ3v) is 4.49.